The number of rotatable bonds is 3. The van der Waals surface area contributed by atoms with Crippen LogP contribution in [0.25, 0.3) is 0 Å². The second-order valence-electron chi connectivity index (χ2n) is 5.68. The van der Waals surface area contributed by atoms with Crippen LogP contribution in [0.4, 0.5) is 0 Å². The van der Waals surface area contributed by atoms with Crippen molar-refractivity contribution < 1.29 is 18.8 Å². The minimum atomic E-state index is -0.476. The summed E-state index contributed by atoms with van der Waals surface area (Å²) in [5.41, 5.74) is 1.52. The number of esters is 1. The Labute approximate surface area is 127 Å². The van der Waals surface area contributed by atoms with Gasteiger partial charge in [0.2, 0.25) is 5.91 Å². The number of nitrogens with zero attached hydrogens (tertiary/aromatic N) is 2. The zero-order chi connectivity index (χ0) is 15.2. The Kier molecular flexibility index (Phi) is 3.47. The molecule has 1 aromatic rings. The van der Waals surface area contributed by atoms with Crippen molar-refractivity contribution in [2.45, 2.75) is 51.1 Å². The van der Waals surface area contributed by atoms with Crippen molar-refractivity contribution in [1.29, 1.82) is 0 Å². The molecular weight excluding hydrogens is 292 g/mol. The van der Waals surface area contributed by atoms with Crippen molar-refractivity contribution in [2.75, 3.05) is 5.75 Å². The van der Waals surface area contributed by atoms with E-state index in [9.17, 15) is 9.59 Å². The maximum atomic E-state index is 12.3. The van der Waals surface area contributed by atoms with Crippen LogP contribution in [-0.2, 0) is 20.9 Å². The number of aromatic nitrogens is 1. The lowest BCUT2D eigenvalue weighted by molar-refractivity contribution is -0.154. The first-order valence-electron chi connectivity index (χ1n) is 6.97. The maximum absolute atomic E-state index is 12.3. The average Bonchev–Trinajstić information content (AvgIpc) is 3.04. The number of hydrogen-bond donors (Lipinski definition) is 0. The lowest BCUT2D eigenvalue weighted by atomic mass is 10.2. The molecular formula is C14H18N2O4S. The highest BCUT2D eigenvalue weighted by molar-refractivity contribution is 8.01. The molecule has 3 heterocycles. The van der Waals surface area contributed by atoms with Gasteiger partial charge >= 0.3 is 5.97 Å². The maximum Gasteiger partial charge on any atom is 0.330 e. The third kappa shape index (κ3) is 2.33. The Morgan fingerprint density at radius 1 is 1.57 bits per heavy atom. The largest absolute Gasteiger partial charge is 0.459 e. The predicted octanol–water partition coefficient (Wildman–Crippen LogP) is 1.79. The van der Waals surface area contributed by atoms with Crippen LogP contribution < -0.4 is 0 Å². The third-order valence-electron chi connectivity index (χ3n) is 4.26. The molecule has 1 aromatic heterocycles. The summed E-state index contributed by atoms with van der Waals surface area (Å²) in [4.78, 5) is 25.8. The van der Waals surface area contributed by atoms with Crippen molar-refractivity contribution in [3.05, 3.63) is 17.0 Å². The second kappa shape index (κ2) is 5.05. The number of amides is 1. The van der Waals surface area contributed by atoms with E-state index in [0.29, 0.717) is 17.9 Å². The molecule has 2 aliphatic heterocycles. The summed E-state index contributed by atoms with van der Waals surface area (Å²) in [6.45, 7) is 5.76. The van der Waals surface area contributed by atoms with E-state index in [-0.39, 0.29) is 23.4 Å². The number of aryl methyl sites for hydroxylation is 2. The van der Waals surface area contributed by atoms with E-state index in [1.54, 1.807) is 23.6 Å². The summed E-state index contributed by atoms with van der Waals surface area (Å²) in [6.07, 6.45) is 1.31. The molecule has 7 heteroatoms. The number of carbonyl (C=O) groups excluding carboxylic acids is 2. The highest BCUT2D eigenvalue weighted by Crippen LogP contribution is 2.47. The van der Waals surface area contributed by atoms with Gasteiger partial charge in [0.15, 0.2) is 0 Å². The van der Waals surface area contributed by atoms with Gasteiger partial charge in [0.25, 0.3) is 0 Å². The fourth-order valence-corrected chi connectivity index (χ4v) is 4.36. The molecule has 114 valence electrons. The first-order chi connectivity index (χ1) is 9.92. The zero-order valence-electron chi connectivity index (χ0n) is 12.3. The van der Waals surface area contributed by atoms with E-state index >= 15 is 0 Å². The number of hydrogen-bond acceptors (Lipinski definition) is 6. The van der Waals surface area contributed by atoms with Crippen LogP contribution in [0, 0.1) is 13.8 Å². The van der Waals surface area contributed by atoms with Gasteiger partial charge in [-0.1, -0.05) is 5.16 Å². The van der Waals surface area contributed by atoms with Crippen molar-refractivity contribution in [1.82, 2.24) is 10.1 Å². The van der Waals surface area contributed by atoms with Gasteiger partial charge in [-0.15, -0.1) is 11.8 Å². The Balaban J connectivity index is 1.68. The fraction of sp³-hybridized carbons (Fsp3) is 0.643. The van der Waals surface area contributed by atoms with Gasteiger partial charge in [0, 0.05) is 12.2 Å². The average molecular weight is 310 g/mol. The summed E-state index contributed by atoms with van der Waals surface area (Å²) < 4.78 is 10.4. The van der Waals surface area contributed by atoms with Gasteiger partial charge in [0.05, 0.1) is 16.1 Å². The Bertz CT molecular complexity index is 580. The molecule has 2 aliphatic rings. The van der Waals surface area contributed by atoms with E-state index < -0.39 is 6.04 Å². The van der Waals surface area contributed by atoms with Crippen molar-refractivity contribution in [3.63, 3.8) is 0 Å². The lowest BCUT2D eigenvalue weighted by Crippen LogP contribution is -2.46. The van der Waals surface area contributed by atoms with Crippen molar-refractivity contribution in [3.8, 4) is 0 Å². The Hall–Kier alpha value is -1.50. The van der Waals surface area contributed by atoms with Crippen LogP contribution in [-0.4, -0.2) is 38.6 Å². The molecule has 3 rings (SSSR count). The highest BCUT2D eigenvalue weighted by Gasteiger charge is 2.53. The summed E-state index contributed by atoms with van der Waals surface area (Å²) in [7, 11) is 0. The van der Waals surface area contributed by atoms with Crippen LogP contribution in [0.3, 0.4) is 0 Å². The first-order valence-corrected chi connectivity index (χ1v) is 7.95. The van der Waals surface area contributed by atoms with Crippen LogP contribution in [0.2, 0.25) is 0 Å². The Morgan fingerprint density at radius 2 is 2.33 bits per heavy atom. The molecule has 6 nitrogen and oxygen atoms in total. The number of thioether (sulfide) groups is 1. The molecule has 0 N–H and O–H groups in total. The van der Waals surface area contributed by atoms with E-state index in [1.165, 1.54) is 0 Å². The lowest BCUT2D eigenvalue weighted by Gasteiger charge is -2.29. The van der Waals surface area contributed by atoms with Crippen molar-refractivity contribution >= 4 is 23.6 Å². The first kappa shape index (κ1) is 14.4. The Morgan fingerprint density at radius 3 is 3.00 bits per heavy atom. The third-order valence-corrected chi connectivity index (χ3v) is 5.76. The number of ether oxygens (including phenoxy) is 1. The van der Waals surface area contributed by atoms with E-state index in [4.69, 9.17) is 9.26 Å². The summed E-state index contributed by atoms with van der Waals surface area (Å²) >= 11 is 1.66. The quantitative estimate of drug-likeness (QED) is 0.793. The summed E-state index contributed by atoms with van der Waals surface area (Å²) in [5.74, 6) is 0.953. The van der Waals surface area contributed by atoms with E-state index in [1.807, 2.05) is 13.8 Å². The predicted molar refractivity (Wildman–Crippen MR) is 76.5 cm³/mol. The minimum Gasteiger partial charge on any atom is -0.459 e. The normalized spacial score (nSPS) is 28.0. The second-order valence-corrected chi connectivity index (χ2v) is 7.18. The standard InChI is InChI=1S/C14H18N2O4S/c1-8-10(9(2)20-15-8)6-19-13(18)11-7-21-14(3)5-4-12(17)16(11)14/h11H,4-7H2,1-3H3/t11-,14+/m0/s1. The summed E-state index contributed by atoms with van der Waals surface area (Å²) in [6, 6.07) is -0.476. The van der Waals surface area contributed by atoms with Gasteiger partial charge in [-0.2, -0.15) is 0 Å². The summed E-state index contributed by atoms with van der Waals surface area (Å²) in [5, 5.41) is 3.83. The molecule has 2 fully saturated rings. The smallest absolute Gasteiger partial charge is 0.330 e. The van der Waals surface area contributed by atoms with Gasteiger partial charge in [-0.25, -0.2) is 4.79 Å². The van der Waals surface area contributed by atoms with Gasteiger partial charge in [-0.05, 0) is 27.2 Å². The zero-order valence-corrected chi connectivity index (χ0v) is 13.2. The van der Waals surface area contributed by atoms with Crippen LogP contribution in [0.1, 0.15) is 36.8 Å². The van der Waals surface area contributed by atoms with Gasteiger partial charge < -0.3 is 14.2 Å². The van der Waals surface area contributed by atoms with E-state index in [2.05, 4.69) is 5.16 Å². The molecule has 0 unspecified atom stereocenters. The van der Waals surface area contributed by atoms with Crippen molar-refractivity contribution in [2.24, 2.45) is 0 Å². The number of fused-ring (bicyclic) bond motifs is 1. The fourth-order valence-electron chi connectivity index (χ4n) is 2.94. The van der Waals surface area contributed by atoms with Gasteiger partial charge in [0.1, 0.15) is 18.4 Å². The SMILES string of the molecule is Cc1noc(C)c1COC(=O)[C@@H]1CS[C@]2(C)CCC(=O)N12. The minimum absolute atomic E-state index is 0.0433. The molecule has 0 saturated carbocycles. The molecule has 2 atom stereocenters. The van der Waals surface area contributed by atoms with E-state index in [0.717, 1.165) is 17.7 Å². The molecule has 1 amide bonds. The molecule has 0 radical (unpaired) electrons. The molecule has 0 bridgehead atoms. The topological polar surface area (TPSA) is 72.6 Å². The molecule has 21 heavy (non-hydrogen) atoms. The molecule has 0 aromatic carbocycles. The van der Waals surface area contributed by atoms with Crippen LogP contribution >= 0.6 is 11.8 Å². The molecule has 0 spiro atoms. The monoisotopic (exact) mass is 310 g/mol. The van der Waals surface area contributed by atoms with Crippen LogP contribution in [0.5, 0.6) is 0 Å². The van der Waals surface area contributed by atoms with Gasteiger partial charge in [-0.3, -0.25) is 4.79 Å². The van der Waals surface area contributed by atoms with Crippen LogP contribution in [0.15, 0.2) is 4.52 Å². The number of carbonyl (C=O) groups is 2. The molecule has 0 aliphatic carbocycles. The molecule has 2 saturated heterocycles. The highest BCUT2D eigenvalue weighted by atomic mass is 32.2.